The summed E-state index contributed by atoms with van der Waals surface area (Å²) in [6, 6.07) is 1.81. The number of nitrogens with zero attached hydrogens (tertiary/aromatic N) is 4. The molecule has 23 heavy (non-hydrogen) atoms. The molecule has 0 aliphatic heterocycles. The summed E-state index contributed by atoms with van der Waals surface area (Å²) in [6.45, 7) is 2.59. The molecule has 0 spiro atoms. The summed E-state index contributed by atoms with van der Waals surface area (Å²) in [5, 5.41) is 7.06. The maximum atomic E-state index is 12.4. The highest BCUT2D eigenvalue weighted by Gasteiger charge is 2.26. The summed E-state index contributed by atoms with van der Waals surface area (Å²) in [7, 11) is 0. The number of nitrogens with one attached hydrogen (secondary N) is 1. The van der Waals surface area contributed by atoms with Crippen LogP contribution in [0, 0.1) is 18.8 Å². The first-order valence-corrected chi connectivity index (χ1v) is 7.35. The topological polar surface area (TPSA) is 98.2 Å². The molecular formula is C14H22Br2N6O. The van der Waals surface area contributed by atoms with E-state index in [-0.39, 0.29) is 45.8 Å². The van der Waals surface area contributed by atoms with Crippen molar-refractivity contribution in [1.82, 2.24) is 19.6 Å². The third-order valence-corrected chi connectivity index (χ3v) is 4.18. The van der Waals surface area contributed by atoms with Crippen LogP contribution in [-0.2, 0) is 4.79 Å². The molecule has 128 valence electrons. The van der Waals surface area contributed by atoms with Crippen LogP contribution in [0.4, 0.5) is 5.82 Å². The fraction of sp³-hybridized carbons (Fsp3) is 0.571. The normalized spacial score (nSPS) is 20.4. The van der Waals surface area contributed by atoms with E-state index in [1.165, 1.54) is 6.33 Å². The molecule has 1 saturated carbocycles. The van der Waals surface area contributed by atoms with E-state index in [4.69, 9.17) is 5.73 Å². The summed E-state index contributed by atoms with van der Waals surface area (Å²) >= 11 is 0. The lowest BCUT2D eigenvalue weighted by atomic mass is 9.81. The number of carbonyl (C=O) groups excluding carboxylic acids is 1. The quantitative estimate of drug-likeness (QED) is 0.748. The number of anilines is 1. The van der Waals surface area contributed by atoms with Crippen LogP contribution in [0.25, 0.3) is 5.78 Å². The number of nitrogens with two attached hydrogens (primary N) is 1. The number of amides is 1. The molecule has 9 heteroatoms. The van der Waals surface area contributed by atoms with Gasteiger partial charge in [0.1, 0.15) is 12.1 Å². The predicted molar refractivity (Wildman–Crippen MR) is 99.3 cm³/mol. The molecule has 0 unspecified atom stereocenters. The van der Waals surface area contributed by atoms with Crippen molar-refractivity contribution in [2.45, 2.75) is 32.6 Å². The van der Waals surface area contributed by atoms with E-state index in [1.54, 1.807) is 4.52 Å². The Bertz CT molecular complexity index is 654. The largest absolute Gasteiger partial charge is 0.330 e. The Morgan fingerprint density at radius 2 is 2.04 bits per heavy atom. The number of hydrogen-bond acceptors (Lipinski definition) is 5. The molecule has 1 aliphatic rings. The van der Waals surface area contributed by atoms with E-state index in [0.29, 0.717) is 17.5 Å². The van der Waals surface area contributed by atoms with Crippen LogP contribution >= 0.6 is 34.0 Å². The molecule has 0 aromatic carbocycles. The van der Waals surface area contributed by atoms with Crippen molar-refractivity contribution in [1.29, 1.82) is 0 Å². The van der Waals surface area contributed by atoms with E-state index < -0.39 is 0 Å². The van der Waals surface area contributed by atoms with Gasteiger partial charge in [0.05, 0.1) is 0 Å². The van der Waals surface area contributed by atoms with E-state index >= 15 is 0 Å². The number of fused-ring (bicyclic) bond motifs is 1. The van der Waals surface area contributed by atoms with Gasteiger partial charge in [0.2, 0.25) is 5.91 Å². The van der Waals surface area contributed by atoms with E-state index in [1.807, 2.05) is 13.0 Å². The van der Waals surface area contributed by atoms with Crippen molar-refractivity contribution in [3.05, 3.63) is 18.1 Å². The lowest BCUT2D eigenvalue weighted by molar-refractivity contribution is -0.121. The smallest absolute Gasteiger partial charge is 0.254 e. The zero-order chi connectivity index (χ0) is 14.8. The van der Waals surface area contributed by atoms with Gasteiger partial charge in [0, 0.05) is 17.7 Å². The first-order valence-electron chi connectivity index (χ1n) is 7.35. The van der Waals surface area contributed by atoms with Crippen molar-refractivity contribution in [2.24, 2.45) is 17.6 Å². The fourth-order valence-electron chi connectivity index (χ4n) is 2.91. The van der Waals surface area contributed by atoms with Crippen LogP contribution in [0.15, 0.2) is 12.4 Å². The highest BCUT2D eigenvalue weighted by molar-refractivity contribution is 8.93. The molecule has 1 fully saturated rings. The van der Waals surface area contributed by atoms with Crippen LogP contribution in [0.5, 0.6) is 0 Å². The maximum Gasteiger partial charge on any atom is 0.254 e. The van der Waals surface area contributed by atoms with Crippen LogP contribution in [0.1, 0.15) is 31.4 Å². The monoisotopic (exact) mass is 448 g/mol. The van der Waals surface area contributed by atoms with Crippen molar-refractivity contribution >= 4 is 51.5 Å². The number of halogens is 2. The minimum Gasteiger partial charge on any atom is -0.330 e. The van der Waals surface area contributed by atoms with E-state index in [9.17, 15) is 4.79 Å². The van der Waals surface area contributed by atoms with Gasteiger partial charge >= 0.3 is 0 Å². The van der Waals surface area contributed by atoms with Gasteiger partial charge in [-0.2, -0.15) is 14.6 Å². The average Bonchev–Trinajstić information content (AvgIpc) is 2.95. The first kappa shape index (κ1) is 20.0. The first-order chi connectivity index (χ1) is 10.2. The molecule has 7 nitrogen and oxygen atoms in total. The number of aromatic nitrogens is 4. The zero-order valence-corrected chi connectivity index (χ0v) is 16.4. The minimum absolute atomic E-state index is 0. The van der Waals surface area contributed by atoms with Crippen molar-refractivity contribution in [3.8, 4) is 0 Å². The third kappa shape index (κ3) is 4.48. The number of aryl methyl sites for hydroxylation is 1. The highest BCUT2D eigenvalue weighted by atomic mass is 79.9. The number of hydrogen-bond donors (Lipinski definition) is 2. The standard InChI is InChI=1S/C14H20N6O.2BrH/c1-9-6-12(20-14(18-9)16-8-17-20)19-13(21)11-4-2-10(7-15)3-5-11;;/h6,8,10-11H,2-5,7,15H2,1H3,(H,19,21);2*1H. The molecule has 2 aromatic heterocycles. The second kappa shape index (κ2) is 8.70. The Hall–Kier alpha value is -1.06. The average molecular weight is 450 g/mol. The number of carbonyl (C=O) groups is 1. The Kier molecular flexibility index (Phi) is 7.56. The Labute approximate surface area is 156 Å². The van der Waals surface area contributed by atoms with Crippen molar-refractivity contribution in [3.63, 3.8) is 0 Å². The Morgan fingerprint density at radius 1 is 1.35 bits per heavy atom. The number of rotatable bonds is 3. The summed E-state index contributed by atoms with van der Waals surface area (Å²) in [4.78, 5) is 20.7. The Morgan fingerprint density at radius 3 is 2.70 bits per heavy atom. The maximum absolute atomic E-state index is 12.4. The van der Waals surface area contributed by atoms with Gasteiger partial charge in [-0.25, -0.2) is 4.98 Å². The lowest BCUT2D eigenvalue weighted by Crippen LogP contribution is -2.30. The molecule has 2 heterocycles. The van der Waals surface area contributed by atoms with Crippen LogP contribution in [0.3, 0.4) is 0 Å². The summed E-state index contributed by atoms with van der Waals surface area (Å²) in [5.74, 6) is 1.80. The summed E-state index contributed by atoms with van der Waals surface area (Å²) in [6.07, 6.45) is 5.30. The van der Waals surface area contributed by atoms with Gasteiger partial charge < -0.3 is 11.1 Å². The van der Waals surface area contributed by atoms with Gasteiger partial charge in [-0.3, -0.25) is 4.79 Å². The van der Waals surface area contributed by atoms with Crippen molar-refractivity contribution in [2.75, 3.05) is 11.9 Å². The molecule has 0 radical (unpaired) electrons. The van der Waals surface area contributed by atoms with E-state index in [0.717, 1.165) is 37.9 Å². The van der Waals surface area contributed by atoms with Gasteiger partial charge in [-0.05, 0) is 45.1 Å². The van der Waals surface area contributed by atoms with Gasteiger partial charge in [0.25, 0.3) is 5.78 Å². The summed E-state index contributed by atoms with van der Waals surface area (Å²) < 4.78 is 1.55. The lowest BCUT2D eigenvalue weighted by Gasteiger charge is -2.26. The minimum atomic E-state index is 0. The molecule has 3 rings (SSSR count). The molecule has 2 aromatic rings. The second-order valence-electron chi connectivity index (χ2n) is 5.70. The molecule has 1 amide bonds. The molecule has 1 aliphatic carbocycles. The van der Waals surface area contributed by atoms with Gasteiger partial charge in [-0.1, -0.05) is 0 Å². The zero-order valence-electron chi connectivity index (χ0n) is 12.9. The Balaban J connectivity index is 0.00000132. The van der Waals surface area contributed by atoms with E-state index in [2.05, 4.69) is 20.4 Å². The third-order valence-electron chi connectivity index (χ3n) is 4.18. The highest BCUT2D eigenvalue weighted by Crippen LogP contribution is 2.29. The molecular weight excluding hydrogens is 428 g/mol. The molecule has 0 bridgehead atoms. The molecule has 3 N–H and O–H groups in total. The van der Waals surface area contributed by atoms with Crippen LogP contribution in [-0.4, -0.2) is 32.0 Å². The van der Waals surface area contributed by atoms with Crippen LogP contribution < -0.4 is 11.1 Å². The van der Waals surface area contributed by atoms with Crippen molar-refractivity contribution < 1.29 is 4.79 Å². The SMILES string of the molecule is Br.Br.Cc1cc(NC(=O)C2CCC(CN)CC2)n2ncnc2n1. The summed E-state index contributed by atoms with van der Waals surface area (Å²) in [5.41, 5.74) is 6.49. The fourth-order valence-corrected chi connectivity index (χ4v) is 2.91. The molecule has 0 saturated heterocycles. The molecule has 0 atom stereocenters. The second-order valence-corrected chi connectivity index (χ2v) is 5.70. The van der Waals surface area contributed by atoms with Crippen LogP contribution in [0.2, 0.25) is 0 Å². The van der Waals surface area contributed by atoms with Gasteiger partial charge in [0.15, 0.2) is 0 Å². The van der Waals surface area contributed by atoms with Gasteiger partial charge in [-0.15, -0.1) is 34.0 Å². The predicted octanol–water partition coefficient (Wildman–Crippen LogP) is 2.29.